The van der Waals surface area contributed by atoms with Crippen LogP contribution in [0.5, 0.6) is 17.2 Å². The molecule has 0 N–H and O–H groups in total. The molecule has 7 heteroatoms. The molecule has 2 aliphatic heterocycles. The van der Waals surface area contributed by atoms with Crippen LogP contribution in [0, 0.1) is 0 Å². The van der Waals surface area contributed by atoms with Gasteiger partial charge in [-0.15, -0.1) is 0 Å². The Hall–Kier alpha value is -2.93. The second kappa shape index (κ2) is 9.47. The predicted octanol–water partition coefficient (Wildman–Crippen LogP) is 2.42. The zero-order valence-electron chi connectivity index (χ0n) is 18.6. The van der Waals surface area contributed by atoms with Gasteiger partial charge in [0.2, 0.25) is 5.91 Å². The minimum atomic E-state index is 0.198. The van der Waals surface area contributed by atoms with E-state index in [1.165, 1.54) is 11.1 Å². The number of benzene rings is 2. The maximum absolute atomic E-state index is 13.0. The van der Waals surface area contributed by atoms with Gasteiger partial charge in [-0.05, 0) is 41.8 Å². The fourth-order valence-electron chi connectivity index (χ4n) is 4.46. The van der Waals surface area contributed by atoms with E-state index in [4.69, 9.17) is 14.2 Å². The third kappa shape index (κ3) is 4.56. The van der Waals surface area contributed by atoms with Crippen LogP contribution in [0.4, 0.5) is 5.69 Å². The van der Waals surface area contributed by atoms with Gasteiger partial charge in [0.05, 0.1) is 33.6 Å². The number of para-hydroxylation sites is 2. The van der Waals surface area contributed by atoms with Crippen LogP contribution in [0.1, 0.15) is 11.1 Å². The van der Waals surface area contributed by atoms with E-state index in [0.29, 0.717) is 6.54 Å². The number of hydrogen-bond acceptors (Lipinski definition) is 6. The molecule has 0 spiro atoms. The molecule has 1 amide bonds. The highest BCUT2D eigenvalue weighted by atomic mass is 16.5. The molecular formula is C24H31N3O4. The lowest BCUT2D eigenvalue weighted by atomic mass is 9.98. The molecule has 0 aromatic heterocycles. The van der Waals surface area contributed by atoms with E-state index < -0.39 is 0 Å². The Kier molecular flexibility index (Phi) is 6.51. The zero-order valence-corrected chi connectivity index (χ0v) is 18.6. The number of nitrogens with zero attached hydrogens (tertiary/aromatic N) is 3. The van der Waals surface area contributed by atoms with Gasteiger partial charge in [0.25, 0.3) is 0 Å². The highest BCUT2D eigenvalue weighted by Crippen LogP contribution is 2.33. The van der Waals surface area contributed by atoms with Crippen molar-refractivity contribution in [3.63, 3.8) is 0 Å². The molecule has 7 nitrogen and oxygen atoms in total. The van der Waals surface area contributed by atoms with Crippen molar-refractivity contribution in [3.8, 4) is 17.2 Å². The second-order valence-electron chi connectivity index (χ2n) is 7.98. The Bertz CT molecular complexity index is 925. The van der Waals surface area contributed by atoms with Crippen LogP contribution in [0.25, 0.3) is 0 Å². The lowest BCUT2D eigenvalue weighted by Crippen LogP contribution is -2.51. The second-order valence-corrected chi connectivity index (χ2v) is 7.98. The number of amides is 1. The van der Waals surface area contributed by atoms with Gasteiger partial charge in [0.15, 0.2) is 11.5 Å². The van der Waals surface area contributed by atoms with Gasteiger partial charge in [0.1, 0.15) is 5.75 Å². The number of anilines is 1. The van der Waals surface area contributed by atoms with Crippen molar-refractivity contribution in [1.82, 2.24) is 9.80 Å². The Morgan fingerprint density at radius 2 is 1.48 bits per heavy atom. The summed E-state index contributed by atoms with van der Waals surface area (Å²) in [5, 5.41) is 0. The van der Waals surface area contributed by atoms with Gasteiger partial charge in [-0.3, -0.25) is 9.69 Å². The summed E-state index contributed by atoms with van der Waals surface area (Å²) in [4.78, 5) is 19.5. The standard InChI is InChI=1S/C24H31N3O4/c1-29-21-7-5-4-6-20(21)26-10-12-27(13-11-26)24(28)17-25-9-8-18-14-22(30-2)23(31-3)15-19(18)16-25/h4-7,14-15H,8-13,16-17H2,1-3H3. The number of rotatable bonds is 6. The molecule has 2 heterocycles. The molecule has 1 fully saturated rings. The smallest absolute Gasteiger partial charge is 0.236 e. The first kappa shape index (κ1) is 21.3. The zero-order chi connectivity index (χ0) is 21.8. The average Bonchev–Trinajstić information content (AvgIpc) is 2.83. The minimum Gasteiger partial charge on any atom is -0.495 e. The normalized spacial score (nSPS) is 16.6. The van der Waals surface area contributed by atoms with Gasteiger partial charge in [-0.1, -0.05) is 12.1 Å². The Morgan fingerprint density at radius 3 is 2.16 bits per heavy atom. The summed E-state index contributed by atoms with van der Waals surface area (Å²) in [6, 6.07) is 12.1. The summed E-state index contributed by atoms with van der Waals surface area (Å²) in [6.45, 7) is 5.15. The van der Waals surface area contributed by atoms with Gasteiger partial charge in [-0.2, -0.15) is 0 Å². The monoisotopic (exact) mass is 425 g/mol. The SMILES string of the molecule is COc1cc2c(cc1OC)CN(CC(=O)N1CCN(c3ccccc3OC)CC1)CC2. The highest BCUT2D eigenvalue weighted by molar-refractivity contribution is 5.78. The molecule has 0 saturated carbocycles. The van der Waals surface area contributed by atoms with Gasteiger partial charge in [-0.25, -0.2) is 0 Å². The van der Waals surface area contributed by atoms with E-state index in [-0.39, 0.29) is 5.91 Å². The number of methoxy groups -OCH3 is 3. The number of fused-ring (bicyclic) bond motifs is 1. The summed E-state index contributed by atoms with van der Waals surface area (Å²) in [6.07, 6.45) is 0.907. The summed E-state index contributed by atoms with van der Waals surface area (Å²) < 4.78 is 16.3. The summed E-state index contributed by atoms with van der Waals surface area (Å²) in [7, 11) is 5.01. The molecule has 0 bridgehead atoms. The van der Waals surface area contributed by atoms with E-state index >= 15 is 0 Å². The largest absolute Gasteiger partial charge is 0.495 e. The van der Waals surface area contributed by atoms with Crippen LogP contribution in [0.2, 0.25) is 0 Å². The number of ether oxygens (including phenoxy) is 3. The number of carbonyl (C=O) groups is 1. The van der Waals surface area contributed by atoms with Crippen LogP contribution in [0.15, 0.2) is 36.4 Å². The molecular weight excluding hydrogens is 394 g/mol. The third-order valence-corrected chi connectivity index (χ3v) is 6.21. The van der Waals surface area contributed by atoms with Crippen molar-refractivity contribution in [3.05, 3.63) is 47.5 Å². The van der Waals surface area contributed by atoms with Crippen LogP contribution in [-0.2, 0) is 17.8 Å². The van der Waals surface area contributed by atoms with Crippen molar-refractivity contribution < 1.29 is 19.0 Å². The first-order valence-electron chi connectivity index (χ1n) is 10.7. The quantitative estimate of drug-likeness (QED) is 0.709. The molecule has 4 rings (SSSR count). The summed E-state index contributed by atoms with van der Waals surface area (Å²) in [5.41, 5.74) is 3.57. The Morgan fingerprint density at radius 1 is 0.839 bits per heavy atom. The Balaban J connectivity index is 1.34. The van der Waals surface area contributed by atoms with Crippen molar-refractivity contribution in [2.75, 3.05) is 65.5 Å². The van der Waals surface area contributed by atoms with E-state index in [0.717, 1.165) is 68.6 Å². The molecule has 0 unspecified atom stereocenters. The van der Waals surface area contributed by atoms with Crippen LogP contribution >= 0.6 is 0 Å². The fraction of sp³-hybridized carbons (Fsp3) is 0.458. The average molecular weight is 426 g/mol. The maximum Gasteiger partial charge on any atom is 0.236 e. The molecule has 0 radical (unpaired) electrons. The minimum absolute atomic E-state index is 0.198. The molecule has 2 aliphatic rings. The summed E-state index contributed by atoms with van der Waals surface area (Å²) >= 11 is 0. The molecule has 2 aromatic rings. The lowest BCUT2D eigenvalue weighted by molar-refractivity contribution is -0.132. The van der Waals surface area contributed by atoms with E-state index in [9.17, 15) is 4.79 Å². The van der Waals surface area contributed by atoms with E-state index in [1.807, 2.05) is 29.2 Å². The molecule has 31 heavy (non-hydrogen) atoms. The van der Waals surface area contributed by atoms with Crippen molar-refractivity contribution in [2.45, 2.75) is 13.0 Å². The van der Waals surface area contributed by atoms with Crippen LogP contribution in [-0.4, -0.2) is 76.3 Å². The first-order valence-corrected chi connectivity index (χ1v) is 10.7. The topological polar surface area (TPSA) is 54.5 Å². The van der Waals surface area contributed by atoms with Crippen molar-refractivity contribution in [2.24, 2.45) is 0 Å². The molecule has 0 atom stereocenters. The molecule has 1 saturated heterocycles. The van der Waals surface area contributed by atoms with Gasteiger partial charge >= 0.3 is 0 Å². The number of piperazine rings is 1. The van der Waals surface area contributed by atoms with Gasteiger partial charge in [0, 0.05) is 39.3 Å². The number of hydrogen-bond donors (Lipinski definition) is 0. The summed E-state index contributed by atoms with van der Waals surface area (Å²) in [5.74, 6) is 2.57. The lowest BCUT2D eigenvalue weighted by Gasteiger charge is -2.38. The Labute approximate surface area is 184 Å². The first-order chi connectivity index (χ1) is 15.1. The molecule has 166 valence electrons. The maximum atomic E-state index is 13.0. The van der Waals surface area contributed by atoms with E-state index in [1.54, 1.807) is 21.3 Å². The van der Waals surface area contributed by atoms with Crippen molar-refractivity contribution in [1.29, 1.82) is 0 Å². The van der Waals surface area contributed by atoms with Crippen LogP contribution in [0.3, 0.4) is 0 Å². The van der Waals surface area contributed by atoms with Crippen LogP contribution < -0.4 is 19.1 Å². The van der Waals surface area contributed by atoms with E-state index in [2.05, 4.69) is 21.9 Å². The molecule has 2 aromatic carbocycles. The third-order valence-electron chi connectivity index (χ3n) is 6.21. The molecule has 0 aliphatic carbocycles. The van der Waals surface area contributed by atoms with Gasteiger partial charge < -0.3 is 24.0 Å². The van der Waals surface area contributed by atoms with Crippen molar-refractivity contribution >= 4 is 11.6 Å². The number of carbonyl (C=O) groups excluding carboxylic acids is 1. The predicted molar refractivity (Wildman–Crippen MR) is 120 cm³/mol. The fourth-order valence-corrected chi connectivity index (χ4v) is 4.46. The highest BCUT2D eigenvalue weighted by Gasteiger charge is 2.26.